The van der Waals surface area contributed by atoms with Gasteiger partial charge in [-0.2, -0.15) is 0 Å². The fourth-order valence-corrected chi connectivity index (χ4v) is 5.16. The summed E-state index contributed by atoms with van der Waals surface area (Å²) in [4.78, 5) is 41.3. The molecule has 1 fully saturated rings. The van der Waals surface area contributed by atoms with E-state index in [9.17, 15) is 19.5 Å². The Kier molecular flexibility index (Phi) is 8.18. The second-order valence-corrected chi connectivity index (χ2v) is 9.85. The Bertz CT molecular complexity index is 1050. The third-order valence-corrected chi connectivity index (χ3v) is 7.25. The van der Waals surface area contributed by atoms with Crippen LogP contribution in [0.4, 0.5) is 0 Å². The maximum atomic E-state index is 13.3. The topological polar surface area (TPSA) is 92.8 Å². The SMILES string of the molecule is CN(CCC1CCNCC1)C(=O)c1ccc2c(c1)CC(CC(=O)[O-])C(=O)N(Cc1ccccc1)C2. The Morgan fingerprint density at radius 2 is 1.83 bits per heavy atom. The number of rotatable bonds is 8. The van der Waals surface area contributed by atoms with E-state index in [4.69, 9.17) is 0 Å². The number of carboxylic acids is 1. The highest BCUT2D eigenvalue weighted by Crippen LogP contribution is 2.28. The van der Waals surface area contributed by atoms with Crippen molar-refractivity contribution in [2.24, 2.45) is 11.8 Å². The predicted octanol–water partition coefficient (Wildman–Crippen LogP) is 1.99. The van der Waals surface area contributed by atoms with Crippen LogP contribution in [-0.4, -0.2) is 54.3 Å². The van der Waals surface area contributed by atoms with Crippen molar-refractivity contribution in [2.75, 3.05) is 26.7 Å². The molecule has 0 radical (unpaired) electrons. The van der Waals surface area contributed by atoms with E-state index in [1.165, 1.54) is 0 Å². The van der Waals surface area contributed by atoms with Crippen molar-refractivity contribution in [3.63, 3.8) is 0 Å². The van der Waals surface area contributed by atoms with Crippen LogP contribution < -0.4 is 10.4 Å². The molecule has 35 heavy (non-hydrogen) atoms. The molecule has 2 aliphatic heterocycles. The van der Waals surface area contributed by atoms with Gasteiger partial charge in [0.25, 0.3) is 5.91 Å². The molecular weight excluding hydrogens is 442 g/mol. The summed E-state index contributed by atoms with van der Waals surface area (Å²) in [6.07, 6.45) is 3.24. The van der Waals surface area contributed by atoms with Crippen molar-refractivity contribution in [3.05, 3.63) is 70.8 Å². The van der Waals surface area contributed by atoms with E-state index >= 15 is 0 Å². The van der Waals surface area contributed by atoms with Crippen molar-refractivity contribution in [1.29, 1.82) is 0 Å². The maximum Gasteiger partial charge on any atom is 0.253 e. The Labute approximate surface area is 207 Å². The van der Waals surface area contributed by atoms with Gasteiger partial charge >= 0.3 is 0 Å². The van der Waals surface area contributed by atoms with Crippen LogP contribution in [0.3, 0.4) is 0 Å². The lowest BCUT2D eigenvalue weighted by Crippen LogP contribution is -2.37. The summed E-state index contributed by atoms with van der Waals surface area (Å²) in [7, 11) is 1.83. The zero-order valence-corrected chi connectivity index (χ0v) is 20.4. The summed E-state index contributed by atoms with van der Waals surface area (Å²) >= 11 is 0. The van der Waals surface area contributed by atoms with Gasteiger partial charge in [-0.3, -0.25) is 9.59 Å². The van der Waals surface area contributed by atoms with Gasteiger partial charge in [0, 0.05) is 44.1 Å². The van der Waals surface area contributed by atoms with Crippen molar-refractivity contribution >= 4 is 17.8 Å². The number of carbonyl (C=O) groups excluding carboxylic acids is 3. The van der Waals surface area contributed by atoms with E-state index in [-0.39, 0.29) is 24.7 Å². The maximum absolute atomic E-state index is 13.3. The largest absolute Gasteiger partial charge is 0.550 e. The molecule has 7 heteroatoms. The van der Waals surface area contributed by atoms with Gasteiger partial charge in [-0.1, -0.05) is 36.4 Å². The van der Waals surface area contributed by atoms with Crippen molar-refractivity contribution in [3.8, 4) is 0 Å². The minimum Gasteiger partial charge on any atom is -0.550 e. The van der Waals surface area contributed by atoms with Crippen molar-refractivity contribution in [2.45, 2.75) is 45.2 Å². The van der Waals surface area contributed by atoms with E-state index < -0.39 is 11.9 Å². The number of nitrogens with one attached hydrogen (secondary N) is 1. The molecule has 7 nitrogen and oxygen atoms in total. The van der Waals surface area contributed by atoms with Crippen LogP contribution in [0.25, 0.3) is 0 Å². The molecule has 0 spiro atoms. The number of piperidine rings is 1. The second-order valence-electron chi connectivity index (χ2n) is 9.85. The van der Waals surface area contributed by atoms with E-state index in [1.807, 2.05) is 55.6 Å². The standard InChI is InChI=1S/C28H35N3O4/c1-30(14-11-20-9-12-29-13-10-20)27(34)22-7-8-23-19-31(18-21-5-3-2-4-6-21)28(35)25(17-26(32)33)16-24(23)15-22/h2-8,15,20,25,29H,9-14,16-19H2,1H3,(H,32,33)/p-1. The van der Waals surface area contributed by atoms with E-state index in [1.54, 1.807) is 9.80 Å². The number of fused-ring (bicyclic) bond motifs is 1. The Hall–Kier alpha value is -3.19. The summed E-state index contributed by atoms with van der Waals surface area (Å²) < 4.78 is 0. The smallest absolute Gasteiger partial charge is 0.253 e. The van der Waals surface area contributed by atoms with Crippen molar-refractivity contribution < 1.29 is 19.5 Å². The lowest BCUT2D eigenvalue weighted by atomic mass is 9.92. The van der Waals surface area contributed by atoms with Gasteiger partial charge in [-0.15, -0.1) is 0 Å². The summed E-state index contributed by atoms with van der Waals surface area (Å²) in [5.41, 5.74) is 3.37. The lowest BCUT2D eigenvalue weighted by Gasteiger charge is -2.25. The molecule has 0 aliphatic carbocycles. The number of carboxylic acid groups (broad SMARTS) is 1. The number of nitrogens with zero attached hydrogens (tertiary/aromatic N) is 2. The van der Waals surface area contributed by atoms with Gasteiger partial charge in [0.15, 0.2) is 0 Å². The van der Waals surface area contributed by atoms with Gasteiger partial charge in [0.05, 0.1) is 0 Å². The molecule has 2 heterocycles. The Morgan fingerprint density at radius 1 is 1.09 bits per heavy atom. The third kappa shape index (κ3) is 6.48. The minimum absolute atomic E-state index is 0.0464. The summed E-state index contributed by atoms with van der Waals surface area (Å²) in [5.74, 6) is -1.55. The zero-order valence-electron chi connectivity index (χ0n) is 20.4. The minimum atomic E-state index is -1.24. The predicted molar refractivity (Wildman–Crippen MR) is 131 cm³/mol. The quantitative estimate of drug-likeness (QED) is 0.629. The highest BCUT2D eigenvalue weighted by atomic mass is 16.4. The van der Waals surface area contributed by atoms with E-state index in [0.29, 0.717) is 31.1 Å². The molecule has 1 atom stereocenters. The number of hydrogen-bond acceptors (Lipinski definition) is 5. The summed E-state index contributed by atoms with van der Waals surface area (Å²) in [6.45, 7) is 3.58. The normalized spacial score (nSPS) is 18.6. The fraction of sp³-hybridized carbons (Fsp3) is 0.464. The molecule has 1 N–H and O–H groups in total. The summed E-state index contributed by atoms with van der Waals surface area (Å²) in [6, 6.07) is 15.3. The second kappa shape index (κ2) is 11.5. The van der Waals surface area contributed by atoms with Crippen LogP contribution in [0.15, 0.2) is 48.5 Å². The molecule has 0 saturated carbocycles. The molecule has 2 aromatic rings. The molecule has 2 aromatic carbocycles. The van der Waals surface area contributed by atoms with Gasteiger partial charge in [-0.05, 0) is 79.9 Å². The molecule has 1 saturated heterocycles. The molecule has 0 bridgehead atoms. The number of carbonyl (C=O) groups is 3. The molecule has 186 valence electrons. The van der Waals surface area contributed by atoms with Gasteiger partial charge in [0.1, 0.15) is 0 Å². The van der Waals surface area contributed by atoms with E-state index in [0.717, 1.165) is 49.0 Å². The van der Waals surface area contributed by atoms with Crippen LogP contribution in [0.5, 0.6) is 0 Å². The first kappa shape index (κ1) is 24.9. The number of benzene rings is 2. The molecule has 2 amide bonds. The first-order chi connectivity index (χ1) is 16.9. The monoisotopic (exact) mass is 476 g/mol. The first-order valence-electron chi connectivity index (χ1n) is 12.5. The Balaban J connectivity index is 1.51. The van der Waals surface area contributed by atoms with Crippen LogP contribution in [-0.2, 0) is 29.1 Å². The fourth-order valence-electron chi connectivity index (χ4n) is 5.16. The van der Waals surface area contributed by atoms with Crippen LogP contribution in [0.2, 0.25) is 0 Å². The zero-order chi connectivity index (χ0) is 24.8. The molecular formula is C28H34N3O4-. The number of hydrogen-bond donors (Lipinski definition) is 1. The van der Waals surface area contributed by atoms with E-state index in [2.05, 4.69) is 5.32 Å². The van der Waals surface area contributed by atoms with Crippen LogP contribution >= 0.6 is 0 Å². The Morgan fingerprint density at radius 3 is 2.54 bits per heavy atom. The summed E-state index contributed by atoms with van der Waals surface area (Å²) in [5, 5.41) is 14.8. The molecule has 2 aliphatic rings. The highest BCUT2D eigenvalue weighted by Gasteiger charge is 2.30. The first-order valence-corrected chi connectivity index (χ1v) is 12.5. The average molecular weight is 477 g/mol. The third-order valence-electron chi connectivity index (χ3n) is 7.25. The van der Waals surface area contributed by atoms with Crippen LogP contribution in [0.1, 0.15) is 52.7 Å². The van der Waals surface area contributed by atoms with Gasteiger partial charge in [0.2, 0.25) is 5.91 Å². The number of amides is 2. The highest BCUT2D eigenvalue weighted by molar-refractivity contribution is 5.94. The lowest BCUT2D eigenvalue weighted by molar-refractivity contribution is -0.306. The van der Waals surface area contributed by atoms with Gasteiger partial charge in [-0.25, -0.2) is 0 Å². The number of aliphatic carboxylic acids is 1. The van der Waals surface area contributed by atoms with Crippen LogP contribution in [0, 0.1) is 11.8 Å². The molecule has 4 rings (SSSR count). The average Bonchev–Trinajstić information content (AvgIpc) is 2.99. The van der Waals surface area contributed by atoms with Crippen molar-refractivity contribution in [1.82, 2.24) is 15.1 Å². The molecule has 1 unspecified atom stereocenters. The van der Waals surface area contributed by atoms with Gasteiger partial charge < -0.3 is 25.0 Å². The molecule has 0 aromatic heterocycles.